The van der Waals surface area contributed by atoms with Gasteiger partial charge in [0, 0.05) is 113 Å². The van der Waals surface area contributed by atoms with Crippen molar-refractivity contribution >= 4 is 29.2 Å². The molecule has 1 unspecified atom stereocenters. The minimum atomic E-state index is -4.76. The zero-order valence-electron chi connectivity index (χ0n) is 33.5. The van der Waals surface area contributed by atoms with Crippen LogP contribution in [0.3, 0.4) is 0 Å². The van der Waals surface area contributed by atoms with Crippen LogP contribution in [0.15, 0.2) is 48.7 Å². The molecular formula is C43H46ClF3N8O4. The Balaban J connectivity index is 0.922. The summed E-state index contributed by atoms with van der Waals surface area (Å²) in [6, 6.07) is 13.2. The van der Waals surface area contributed by atoms with Gasteiger partial charge in [0.15, 0.2) is 11.5 Å². The summed E-state index contributed by atoms with van der Waals surface area (Å²) < 4.78 is 55.2. The minimum absolute atomic E-state index is 0.00650. The highest BCUT2D eigenvalue weighted by Crippen LogP contribution is 2.46. The van der Waals surface area contributed by atoms with E-state index in [0.29, 0.717) is 49.7 Å². The molecule has 9 rings (SSSR count). The molecule has 4 fully saturated rings. The third-order valence-electron chi connectivity index (χ3n) is 12.7. The monoisotopic (exact) mass is 830 g/mol. The molecule has 2 spiro atoms. The van der Waals surface area contributed by atoms with Crippen LogP contribution in [0.25, 0.3) is 22.4 Å². The Labute approximate surface area is 345 Å². The van der Waals surface area contributed by atoms with Gasteiger partial charge in [0.2, 0.25) is 17.7 Å². The number of carbonyl (C=O) groups excluding carboxylic acids is 2. The number of anilines is 1. The lowest BCUT2D eigenvalue weighted by atomic mass is 9.72. The summed E-state index contributed by atoms with van der Waals surface area (Å²) in [7, 11) is 3.03. The Bertz CT molecular complexity index is 2330. The Morgan fingerprint density at radius 3 is 2.14 bits per heavy atom. The van der Waals surface area contributed by atoms with Gasteiger partial charge in [0.25, 0.3) is 0 Å². The van der Waals surface area contributed by atoms with Crippen molar-refractivity contribution in [3.05, 3.63) is 81.8 Å². The number of hydrogen-bond donors (Lipinski definition) is 1. The van der Waals surface area contributed by atoms with E-state index < -0.39 is 17.9 Å². The Kier molecular flexibility index (Phi) is 9.79. The standard InChI is InChI=1S/C43H46ClF3N8O4/c1-25(56)54-21-41(22-54)17-52(18-41)15-28-9-8-27(14-35(28)58-3)37-36(44)32(12-13-48-37)29-6-5-7-31-30(29)10-11-33(31)50-39-38(43(45,46)47)49-34(40(51-39)59-4)16-53-19-42(20-53)23-55(24-42)26(2)57/h5-9,12-14,33H,10-11,15-24H2,1-4H3,(H,50,51). The van der Waals surface area contributed by atoms with Crippen molar-refractivity contribution < 1.29 is 32.2 Å². The molecule has 12 nitrogen and oxygen atoms in total. The van der Waals surface area contributed by atoms with E-state index in [1.54, 1.807) is 25.1 Å². The van der Waals surface area contributed by atoms with Crippen molar-refractivity contribution in [2.45, 2.75) is 52.0 Å². The lowest BCUT2D eigenvalue weighted by Gasteiger charge is -2.60. The highest BCUT2D eigenvalue weighted by molar-refractivity contribution is 6.35. The van der Waals surface area contributed by atoms with Crippen molar-refractivity contribution in [1.29, 1.82) is 0 Å². The number of rotatable bonds is 10. The quantitative estimate of drug-likeness (QED) is 0.195. The smallest absolute Gasteiger partial charge is 0.437 e. The molecule has 0 saturated carbocycles. The first kappa shape index (κ1) is 39.5. The highest BCUT2D eigenvalue weighted by Gasteiger charge is 2.53. The van der Waals surface area contributed by atoms with Crippen molar-refractivity contribution in [3.8, 4) is 34.0 Å². The van der Waals surface area contributed by atoms with E-state index in [9.17, 15) is 22.8 Å². The normalized spacial score (nSPS) is 20.4. The van der Waals surface area contributed by atoms with Crippen LogP contribution in [0, 0.1) is 10.8 Å². The molecule has 2 aromatic carbocycles. The summed E-state index contributed by atoms with van der Waals surface area (Å²) >= 11 is 7.17. The zero-order valence-corrected chi connectivity index (χ0v) is 34.2. The molecule has 1 atom stereocenters. The van der Waals surface area contributed by atoms with Crippen LogP contribution in [-0.4, -0.2) is 113 Å². The summed E-state index contributed by atoms with van der Waals surface area (Å²) in [5.41, 5.74) is 5.17. The predicted molar refractivity (Wildman–Crippen MR) is 215 cm³/mol. The molecule has 0 radical (unpaired) electrons. The number of ether oxygens (including phenoxy) is 2. The predicted octanol–water partition coefficient (Wildman–Crippen LogP) is 6.32. The van der Waals surface area contributed by atoms with Crippen molar-refractivity contribution in [3.63, 3.8) is 0 Å². The lowest BCUT2D eigenvalue weighted by Crippen LogP contribution is -2.72. The second-order valence-electron chi connectivity index (χ2n) is 17.1. The van der Waals surface area contributed by atoms with Crippen molar-refractivity contribution in [2.24, 2.45) is 10.8 Å². The van der Waals surface area contributed by atoms with Gasteiger partial charge in [-0.2, -0.15) is 18.2 Å². The Hall–Kier alpha value is -4.99. The van der Waals surface area contributed by atoms with Crippen LogP contribution in [0.1, 0.15) is 54.4 Å². The average Bonchev–Trinajstić information content (AvgIpc) is 3.54. The van der Waals surface area contributed by atoms with Crippen LogP contribution < -0.4 is 14.8 Å². The second-order valence-corrected chi connectivity index (χ2v) is 17.4. The van der Waals surface area contributed by atoms with E-state index in [-0.39, 0.29) is 46.6 Å². The van der Waals surface area contributed by atoms with E-state index in [2.05, 4.69) is 25.2 Å². The van der Waals surface area contributed by atoms with E-state index in [1.807, 2.05) is 52.3 Å². The second kappa shape index (κ2) is 14.6. The largest absolute Gasteiger partial charge is 0.496 e. The first-order valence-electron chi connectivity index (χ1n) is 19.9. The van der Waals surface area contributed by atoms with Crippen LogP contribution in [0.5, 0.6) is 11.6 Å². The summed E-state index contributed by atoms with van der Waals surface area (Å²) in [5, 5.41) is 3.55. The Morgan fingerprint density at radius 2 is 1.53 bits per heavy atom. The molecule has 6 heterocycles. The molecule has 16 heteroatoms. The van der Waals surface area contributed by atoms with Gasteiger partial charge in [0.1, 0.15) is 11.4 Å². The third kappa shape index (κ3) is 7.14. The SMILES string of the molecule is COc1cc(-c2nccc(-c3cccc4c3CCC4Nc3nc(OC)c(CN4CC5(C4)CN(C(C)=O)C5)nc3C(F)(F)F)c2Cl)ccc1CN1CC2(C1)CN(C(C)=O)C2. The van der Waals surface area contributed by atoms with Gasteiger partial charge in [-0.3, -0.25) is 24.4 Å². The maximum atomic E-state index is 14.6. The van der Waals surface area contributed by atoms with Crippen molar-refractivity contribution in [2.75, 3.05) is 71.9 Å². The van der Waals surface area contributed by atoms with Gasteiger partial charge in [-0.15, -0.1) is 0 Å². The van der Waals surface area contributed by atoms with E-state index in [0.717, 1.165) is 71.9 Å². The van der Waals surface area contributed by atoms with Gasteiger partial charge in [-0.1, -0.05) is 41.9 Å². The van der Waals surface area contributed by atoms with Crippen LogP contribution in [-0.2, 0) is 35.3 Å². The summed E-state index contributed by atoms with van der Waals surface area (Å²) in [5.74, 6) is 0.549. The van der Waals surface area contributed by atoms with Crippen LogP contribution in [0.2, 0.25) is 5.02 Å². The molecule has 59 heavy (non-hydrogen) atoms. The van der Waals surface area contributed by atoms with Crippen LogP contribution in [0.4, 0.5) is 19.0 Å². The molecule has 4 saturated heterocycles. The fraction of sp³-hybridized carbons (Fsp3) is 0.465. The number of halogens is 4. The van der Waals surface area contributed by atoms with Gasteiger partial charge >= 0.3 is 6.18 Å². The topological polar surface area (TPSA) is 116 Å². The number of amides is 2. The molecular weight excluding hydrogens is 785 g/mol. The number of benzene rings is 2. The van der Waals surface area contributed by atoms with Crippen molar-refractivity contribution in [1.82, 2.24) is 34.6 Å². The lowest BCUT2D eigenvalue weighted by molar-refractivity contribution is -0.158. The van der Waals surface area contributed by atoms with Gasteiger partial charge in [-0.25, -0.2) is 4.98 Å². The molecule has 4 aromatic rings. The number of methoxy groups -OCH3 is 2. The maximum absolute atomic E-state index is 14.6. The fourth-order valence-corrected chi connectivity index (χ4v) is 10.3. The van der Waals surface area contributed by atoms with E-state index in [1.165, 1.54) is 14.0 Å². The highest BCUT2D eigenvalue weighted by atomic mass is 35.5. The third-order valence-corrected chi connectivity index (χ3v) is 13.1. The molecule has 1 N–H and O–H groups in total. The number of nitrogens with zero attached hydrogens (tertiary/aromatic N) is 7. The summed E-state index contributed by atoms with van der Waals surface area (Å²) in [6.07, 6.45) is -1.91. The van der Waals surface area contributed by atoms with Gasteiger partial charge in [0.05, 0.1) is 31.0 Å². The molecule has 0 bridgehead atoms. The number of fused-ring (bicyclic) bond motifs is 1. The minimum Gasteiger partial charge on any atom is -0.496 e. The first-order valence-corrected chi connectivity index (χ1v) is 20.2. The van der Waals surface area contributed by atoms with E-state index >= 15 is 0 Å². The molecule has 310 valence electrons. The number of pyridine rings is 1. The zero-order chi connectivity index (χ0) is 41.4. The summed E-state index contributed by atoms with van der Waals surface area (Å²) in [6.45, 7) is 10.2. The molecule has 4 aliphatic heterocycles. The average molecular weight is 831 g/mol. The number of carbonyl (C=O) groups is 2. The number of nitrogens with one attached hydrogen (secondary N) is 1. The molecule has 5 aliphatic rings. The Morgan fingerprint density at radius 1 is 0.864 bits per heavy atom. The van der Waals surface area contributed by atoms with Gasteiger partial charge in [-0.05, 0) is 41.7 Å². The number of alkyl halides is 3. The number of aromatic nitrogens is 3. The fourth-order valence-electron chi connectivity index (χ4n) is 9.97. The molecule has 2 aromatic heterocycles. The van der Waals surface area contributed by atoms with E-state index in [4.69, 9.17) is 21.1 Å². The number of likely N-dealkylation sites (tertiary alicyclic amines) is 4. The maximum Gasteiger partial charge on any atom is 0.437 e. The van der Waals surface area contributed by atoms with Gasteiger partial charge < -0.3 is 24.6 Å². The molecule has 1 aliphatic carbocycles. The summed E-state index contributed by atoms with van der Waals surface area (Å²) in [4.78, 5) is 44.5. The van der Waals surface area contributed by atoms with Crippen LogP contribution >= 0.6 is 11.6 Å². The number of hydrogen-bond acceptors (Lipinski definition) is 10. The first-order chi connectivity index (χ1) is 28.2. The molecule has 2 amide bonds.